The van der Waals surface area contributed by atoms with Gasteiger partial charge in [0.1, 0.15) is 11.2 Å². The topological polar surface area (TPSA) is 26.0 Å². The Bertz CT molecular complexity index is 2180. The molecule has 6 rings (SSSR count). The first-order valence-electron chi connectivity index (χ1n) is 16.3. The predicted molar refractivity (Wildman–Crippen MR) is 153 cm³/mol. The second-order valence-electron chi connectivity index (χ2n) is 10.1. The smallest absolute Gasteiger partial charge is 0.394 e. The molecule has 0 aliphatic heterocycles. The Balaban J connectivity index is 1.60. The van der Waals surface area contributed by atoms with Crippen molar-refractivity contribution in [3.63, 3.8) is 0 Å². The second-order valence-corrected chi connectivity index (χ2v) is 10.1. The van der Waals surface area contributed by atoms with Gasteiger partial charge >= 0.3 is 6.18 Å². The summed E-state index contributed by atoms with van der Waals surface area (Å²) < 4.78 is 114. The van der Waals surface area contributed by atoms with E-state index >= 15 is 0 Å². The molecule has 0 atom stereocenters. The Morgan fingerprint density at radius 3 is 2.33 bits per heavy atom. The highest BCUT2D eigenvalue weighted by Crippen LogP contribution is 2.42. The predicted octanol–water partition coefficient (Wildman–Crippen LogP) is 10.2. The molecule has 0 radical (unpaired) electrons. The maximum absolute atomic E-state index is 13.9. The van der Waals surface area contributed by atoms with E-state index in [-0.39, 0.29) is 22.4 Å². The lowest BCUT2D eigenvalue weighted by Gasteiger charge is -2.28. The summed E-state index contributed by atoms with van der Waals surface area (Å²) >= 11 is 0. The van der Waals surface area contributed by atoms with Crippen LogP contribution in [-0.2, 0) is 6.37 Å². The fourth-order valence-electron chi connectivity index (χ4n) is 4.84. The van der Waals surface area contributed by atoms with Gasteiger partial charge in [-0.25, -0.2) is 0 Å². The Morgan fingerprint density at radius 1 is 0.769 bits per heavy atom. The molecule has 0 fully saturated rings. The number of pyridine rings is 1. The molecule has 0 aliphatic rings. The van der Waals surface area contributed by atoms with E-state index in [1.807, 2.05) is 42.5 Å². The average molecular weight is 532 g/mol. The van der Waals surface area contributed by atoms with Crippen molar-refractivity contribution in [1.82, 2.24) is 4.98 Å². The van der Waals surface area contributed by atoms with Gasteiger partial charge in [0.15, 0.2) is 0 Å². The van der Waals surface area contributed by atoms with Crippen LogP contribution in [0.4, 0.5) is 13.2 Å². The van der Waals surface area contributed by atoms with E-state index < -0.39 is 42.8 Å². The molecule has 2 aromatic heterocycles. The molecule has 0 unspecified atom stereocenters. The summed E-state index contributed by atoms with van der Waals surface area (Å²) in [7, 11) is 0. The van der Waals surface area contributed by atoms with Crippen LogP contribution in [0.25, 0.3) is 55.1 Å². The van der Waals surface area contributed by atoms with Crippen molar-refractivity contribution in [2.24, 2.45) is 5.41 Å². The van der Waals surface area contributed by atoms with E-state index in [2.05, 4.69) is 4.98 Å². The molecule has 0 saturated carbocycles. The fraction of sp³-hybridized carbons (Fsp3) is 0.206. The third kappa shape index (κ3) is 4.26. The molecular formula is C34H28F3NO. The minimum absolute atomic E-state index is 0.0260. The van der Waals surface area contributed by atoms with E-state index in [0.29, 0.717) is 30.6 Å². The zero-order valence-electron chi connectivity index (χ0n) is 29.1. The van der Waals surface area contributed by atoms with Crippen molar-refractivity contribution in [2.45, 2.75) is 40.1 Å². The lowest BCUT2D eigenvalue weighted by Crippen LogP contribution is -2.34. The summed E-state index contributed by atoms with van der Waals surface area (Å²) in [5.74, 6) is 0. The SMILES string of the molecule is [2H]C([2H])([2H])c1cnc(-c2cccc3c2oc2c4ccccc4ccc32)cc1-c1ccc(C([2H])([2H])C(C)(C)C(F)(F)F)cc1C([2H])([2H])[2H]. The largest absolute Gasteiger partial charge is 0.455 e. The molecule has 196 valence electrons. The maximum atomic E-state index is 13.9. The van der Waals surface area contributed by atoms with E-state index in [9.17, 15) is 13.2 Å². The number of aromatic nitrogens is 1. The van der Waals surface area contributed by atoms with E-state index in [1.54, 1.807) is 12.1 Å². The average Bonchev–Trinajstić information content (AvgIpc) is 3.38. The van der Waals surface area contributed by atoms with Gasteiger partial charge in [-0.3, -0.25) is 4.98 Å². The van der Waals surface area contributed by atoms with Crippen molar-refractivity contribution < 1.29 is 28.6 Å². The number of hydrogen-bond acceptors (Lipinski definition) is 2. The van der Waals surface area contributed by atoms with Crippen LogP contribution < -0.4 is 0 Å². The Hall–Kier alpha value is -4.12. The van der Waals surface area contributed by atoms with Crippen LogP contribution in [0.3, 0.4) is 0 Å². The Kier molecular flexibility index (Phi) is 4.02. The minimum Gasteiger partial charge on any atom is -0.455 e. The summed E-state index contributed by atoms with van der Waals surface area (Å²) in [5.41, 5.74) is -2.35. The van der Waals surface area contributed by atoms with Gasteiger partial charge in [-0.2, -0.15) is 13.2 Å². The summed E-state index contributed by atoms with van der Waals surface area (Å²) in [6.45, 7) is -4.28. The summed E-state index contributed by atoms with van der Waals surface area (Å²) in [6, 6.07) is 21.7. The quantitative estimate of drug-likeness (QED) is 0.226. The highest BCUT2D eigenvalue weighted by molar-refractivity contribution is 6.17. The normalized spacial score (nSPS) is 16.6. The highest BCUT2D eigenvalue weighted by atomic mass is 19.4. The van der Waals surface area contributed by atoms with Gasteiger partial charge in [0.25, 0.3) is 0 Å². The second kappa shape index (κ2) is 8.98. The molecule has 0 aliphatic carbocycles. The number of benzene rings is 4. The summed E-state index contributed by atoms with van der Waals surface area (Å²) in [4.78, 5) is 4.45. The molecule has 2 nitrogen and oxygen atoms in total. The molecule has 5 heteroatoms. The highest BCUT2D eigenvalue weighted by Gasteiger charge is 2.47. The van der Waals surface area contributed by atoms with Gasteiger partial charge in [0.2, 0.25) is 0 Å². The Labute approximate surface area is 236 Å². The molecule has 0 N–H and O–H groups in total. The molecule has 6 aromatic rings. The molecular weight excluding hydrogens is 495 g/mol. The third-order valence-electron chi connectivity index (χ3n) is 7.04. The number of para-hydroxylation sites is 1. The zero-order chi connectivity index (χ0) is 34.3. The van der Waals surface area contributed by atoms with Crippen LogP contribution in [0.1, 0.15) is 41.5 Å². The van der Waals surface area contributed by atoms with Crippen molar-refractivity contribution in [1.29, 1.82) is 0 Å². The van der Waals surface area contributed by atoms with E-state index in [1.165, 1.54) is 12.1 Å². The molecule has 39 heavy (non-hydrogen) atoms. The van der Waals surface area contributed by atoms with Crippen LogP contribution in [0.2, 0.25) is 0 Å². The standard InChI is InChI=1S/C34H28F3NO/c1-20-16-22(18-33(3,4)34(35,36)37)12-14-24(20)29-17-30(38-19-21(29)2)28-11-7-10-26-27-15-13-23-8-5-6-9-25(23)31(27)39-32(26)28/h5-17,19H,18H2,1-4H3/i1D3,2D3,18D2. The number of halogens is 3. The number of nitrogens with zero attached hydrogens (tertiary/aromatic N) is 1. The van der Waals surface area contributed by atoms with Gasteiger partial charge in [-0.15, -0.1) is 0 Å². The Morgan fingerprint density at radius 2 is 1.54 bits per heavy atom. The van der Waals surface area contributed by atoms with Crippen molar-refractivity contribution in [3.8, 4) is 22.4 Å². The monoisotopic (exact) mass is 531 g/mol. The van der Waals surface area contributed by atoms with Gasteiger partial charge in [0, 0.05) is 38.9 Å². The van der Waals surface area contributed by atoms with Gasteiger partial charge in [-0.1, -0.05) is 74.5 Å². The number of rotatable bonds is 4. The number of furan rings is 1. The van der Waals surface area contributed by atoms with Crippen molar-refractivity contribution in [2.75, 3.05) is 0 Å². The first kappa shape index (κ1) is 17.5. The van der Waals surface area contributed by atoms with Gasteiger partial charge < -0.3 is 4.42 Å². The number of aryl methyl sites for hydroxylation is 2. The lowest BCUT2D eigenvalue weighted by atomic mass is 9.84. The molecule has 0 saturated heterocycles. The fourth-order valence-corrected chi connectivity index (χ4v) is 4.84. The summed E-state index contributed by atoms with van der Waals surface area (Å²) in [5, 5.41) is 3.52. The minimum atomic E-state index is -4.95. The third-order valence-corrected chi connectivity index (χ3v) is 7.04. The van der Waals surface area contributed by atoms with E-state index in [4.69, 9.17) is 15.4 Å². The zero-order valence-corrected chi connectivity index (χ0v) is 21.1. The number of hydrogen-bond donors (Lipinski definition) is 0. The van der Waals surface area contributed by atoms with E-state index in [0.717, 1.165) is 39.9 Å². The molecule has 0 spiro atoms. The van der Waals surface area contributed by atoms with Gasteiger partial charge in [-0.05, 0) is 71.5 Å². The van der Waals surface area contributed by atoms with Crippen LogP contribution in [0.5, 0.6) is 0 Å². The lowest BCUT2D eigenvalue weighted by molar-refractivity contribution is -0.211. The van der Waals surface area contributed by atoms with Crippen molar-refractivity contribution >= 4 is 32.7 Å². The number of fused-ring (bicyclic) bond motifs is 5. The van der Waals surface area contributed by atoms with Crippen LogP contribution in [-0.4, -0.2) is 11.2 Å². The maximum Gasteiger partial charge on any atom is 0.394 e. The summed E-state index contributed by atoms with van der Waals surface area (Å²) in [6.07, 6.45) is -6.84. The number of alkyl halides is 3. The molecule has 4 aromatic carbocycles. The van der Waals surface area contributed by atoms with Crippen LogP contribution in [0, 0.1) is 19.1 Å². The van der Waals surface area contributed by atoms with Crippen molar-refractivity contribution in [3.05, 3.63) is 102 Å². The molecule has 2 heterocycles. The first-order valence-corrected chi connectivity index (χ1v) is 12.3. The first-order chi connectivity index (χ1) is 21.7. The van der Waals surface area contributed by atoms with Crippen LogP contribution in [0.15, 0.2) is 89.5 Å². The molecule has 0 amide bonds. The molecule has 0 bridgehead atoms. The van der Waals surface area contributed by atoms with Crippen LogP contribution >= 0.6 is 0 Å². The van der Waals surface area contributed by atoms with Gasteiger partial charge in [0.05, 0.1) is 11.1 Å².